The van der Waals surface area contributed by atoms with Gasteiger partial charge in [0, 0.05) is 0 Å². The molecule has 13 heavy (non-hydrogen) atoms. The predicted octanol–water partition coefficient (Wildman–Crippen LogP) is 2.29. The number of rotatable bonds is 5. The van der Waals surface area contributed by atoms with Crippen molar-refractivity contribution >= 4 is 0 Å². The summed E-state index contributed by atoms with van der Waals surface area (Å²) in [6.45, 7) is 3.56. The molecule has 0 bridgehead atoms. The molecule has 3 nitrogen and oxygen atoms in total. The second-order valence-corrected chi connectivity index (χ2v) is 2.78. The van der Waals surface area contributed by atoms with Crippen LogP contribution in [0.25, 0.3) is 0 Å². The molecule has 0 amide bonds. The first-order valence-electron chi connectivity index (χ1n) is 4.09. The molecule has 3 heteroatoms. The van der Waals surface area contributed by atoms with Crippen LogP contribution in [0.1, 0.15) is 25.7 Å². The fraction of sp³-hybridized carbons (Fsp3) is 0.500. The van der Waals surface area contributed by atoms with Gasteiger partial charge in [0.1, 0.15) is 18.2 Å². The molecule has 0 fully saturated rings. The number of unbranched alkanes of at least 4 members (excludes halogenated alkanes) is 2. The molecule has 0 aromatic heterocycles. The lowest BCUT2D eigenvalue weighted by Gasteiger charge is -2.07. The van der Waals surface area contributed by atoms with Crippen molar-refractivity contribution in [3.05, 3.63) is 12.7 Å². The minimum atomic E-state index is -1.44. The van der Waals surface area contributed by atoms with Gasteiger partial charge < -0.3 is 0 Å². The van der Waals surface area contributed by atoms with Crippen LogP contribution in [0.3, 0.4) is 0 Å². The van der Waals surface area contributed by atoms with Gasteiger partial charge in [-0.2, -0.15) is 15.8 Å². The number of allylic oxidation sites excluding steroid dienone is 1. The Bertz CT molecular complexity index is 249. The van der Waals surface area contributed by atoms with Crippen molar-refractivity contribution in [2.24, 2.45) is 5.41 Å². The Morgan fingerprint density at radius 1 is 1.08 bits per heavy atom. The van der Waals surface area contributed by atoms with Crippen molar-refractivity contribution < 1.29 is 0 Å². The summed E-state index contributed by atoms with van der Waals surface area (Å²) in [6, 6.07) is 5.23. The van der Waals surface area contributed by atoms with Crippen molar-refractivity contribution in [1.29, 1.82) is 15.8 Å². The molecule has 0 spiro atoms. The Morgan fingerprint density at radius 3 is 2.00 bits per heavy atom. The first-order valence-corrected chi connectivity index (χ1v) is 4.09. The Morgan fingerprint density at radius 2 is 1.62 bits per heavy atom. The molecule has 0 saturated heterocycles. The zero-order chi connectivity index (χ0) is 10.2. The standard InChI is InChI=1S/C10H11N3/c1-2-3-4-5-6-10(7-11,8-12)9-13/h2H,1,3-6H2. The maximum atomic E-state index is 8.62. The molecule has 0 aromatic rings. The van der Waals surface area contributed by atoms with Crippen molar-refractivity contribution in [2.75, 3.05) is 0 Å². The lowest BCUT2D eigenvalue weighted by atomic mass is 9.87. The second-order valence-electron chi connectivity index (χ2n) is 2.78. The summed E-state index contributed by atoms with van der Waals surface area (Å²) in [5.41, 5.74) is -1.44. The van der Waals surface area contributed by atoms with Gasteiger partial charge >= 0.3 is 0 Å². The Balaban J connectivity index is 4.03. The highest BCUT2D eigenvalue weighted by molar-refractivity contribution is 5.25. The van der Waals surface area contributed by atoms with Gasteiger partial charge in [-0.05, 0) is 25.7 Å². The third-order valence-electron chi connectivity index (χ3n) is 1.78. The lowest BCUT2D eigenvalue weighted by Crippen LogP contribution is -2.12. The lowest BCUT2D eigenvalue weighted by molar-refractivity contribution is 0.553. The fourth-order valence-electron chi connectivity index (χ4n) is 0.922. The van der Waals surface area contributed by atoms with Crippen LogP contribution in [0, 0.1) is 39.4 Å². The highest BCUT2D eigenvalue weighted by Crippen LogP contribution is 2.22. The molecule has 0 aliphatic carbocycles. The van der Waals surface area contributed by atoms with E-state index in [4.69, 9.17) is 15.8 Å². The van der Waals surface area contributed by atoms with Crippen LogP contribution in [-0.2, 0) is 0 Å². The van der Waals surface area contributed by atoms with Crippen molar-refractivity contribution in [3.8, 4) is 18.2 Å². The molecule has 0 unspecified atom stereocenters. The third kappa shape index (κ3) is 3.41. The van der Waals surface area contributed by atoms with Crippen LogP contribution >= 0.6 is 0 Å². The molecule has 0 atom stereocenters. The molecular weight excluding hydrogens is 162 g/mol. The Hall–Kier alpha value is -1.79. The molecular formula is C10H11N3. The normalized spacial score (nSPS) is 9.31. The van der Waals surface area contributed by atoms with Gasteiger partial charge in [-0.25, -0.2) is 0 Å². The summed E-state index contributed by atoms with van der Waals surface area (Å²) >= 11 is 0. The van der Waals surface area contributed by atoms with E-state index in [-0.39, 0.29) is 0 Å². The van der Waals surface area contributed by atoms with Crippen LogP contribution in [0.4, 0.5) is 0 Å². The first-order chi connectivity index (χ1) is 6.24. The second kappa shape index (κ2) is 5.81. The number of nitrogens with zero attached hydrogens (tertiary/aromatic N) is 3. The van der Waals surface area contributed by atoms with E-state index in [0.717, 1.165) is 12.8 Å². The van der Waals surface area contributed by atoms with E-state index >= 15 is 0 Å². The zero-order valence-corrected chi connectivity index (χ0v) is 7.45. The van der Waals surface area contributed by atoms with E-state index in [9.17, 15) is 0 Å². The molecule has 0 radical (unpaired) electrons. The quantitative estimate of drug-likeness (QED) is 0.473. The van der Waals surface area contributed by atoms with Gasteiger partial charge in [0.05, 0.1) is 0 Å². The van der Waals surface area contributed by atoms with Gasteiger partial charge in [-0.3, -0.25) is 0 Å². The molecule has 0 heterocycles. The summed E-state index contributed by atoms with van der Waals surface area (Å²) < 4.78 is 0. The minimum absolute atomic E-state index is 0.324. The maximum absolute atomic E-state index is 8.62. The average molecular weight is 173 g/mol. The van der Waals surface area contributed by atoms with E-state index < -0.39 is 5.41 Å². The summed E-state index contributed by atoms with van der Waals surface area (Å²) in [4.78, 5) is 0. The summed E-state index contributed by atoms with van der Waals surface area (Å²) in [5, 5.41) is 25.9. The van der Waals surface area contributed by atoms with Crippen LogP contribution in [-0.4, -0.2) is 0 Å². The minimum Gasteiger partial charge on any atom is -0.195 e. The van der Waals surface area contributed by atoms with Crippen molar-refractivity contribution in [3.63, 3.8) is 0 Å². The summed E-state index contributed by atoms with van der Waals surface area (Å²) in [5.74, 6) is 0. The van der Waals surface area contributed by atoms with Gasteiger partial charge in [0.2, 0.25) is 5.41 Å². The van der Waals surface area contributed by atoms with Gasteiger partial charge in [-0.15, -0.1) is 6.58 Å². The van der Waals surface area contributed by atoms with Crippen LogP contribution in [0.5, 0.6) is 0 Å². The largest absolute Gasteiger partial charge is 0.228 e. The Kier molecular flexibility index (Phi) is 5.01. The van der Waals surface area contributed by atoms with Gasteiger partial charge in [0.25, 0.3) is 0 Å². The smallest absolute Gasteiger partial charge is 0.195 e. The van der Waals surface area contributed by atoms with Gasteiger partial charge in [-0.1, -0.05) is 6.08 Å². The zero-order valence-electron chi connectivity index (χ0n) is 7.45. The average Bonchev–Trinajstić information content (AvgIpc) is 2.20. The van der Waals surface area contributed by atoms with Crippen LogP contribution < -0.4 is 0 Å². The maximum Gasteiger partial charge on any atom is 0.228 e. The van der Waals surface area contributed by atoms with E-state index in [1.807, 2.05) is 0 Å². The number of nitriles is 3. The molecule has 0 saturated carbocycles. The fourth-order valence-corrected chi connectivity index (χ4v) is 0.922. The molecule has 0 N–H and O–H groups in total. The highest BCUT2D eigenvalue weighted by atomic mass is 14.4. The molecule has 0 aliphatic heterocycles. The number of hydrogen-bond acceptors (Lipinski definition) is 3. The van der Waals surface area contributed by atoms with Crippen molar-refractivity contribution in [2.45, 2.75) is 25.7 Å². The van der Waals surface area contributed by atoms with Crippen LogP contribution in [0.2, 0.25) is 0 Å². The number of hydrogen-bond donors (Lipinski definition) is 0. The molecule has 66 valence electrons. The third-order valence-corrected chi connectivity index (χ3v) is 1.78. The van der Waals surface area contributed by atoms with Gasteiger partial charge in [0.15, 0.2) is 0 Å². The summed E-state index contributed by atoms with van der Waals surface area (Å²) in [6.07, 6.45) is 4.55. The van der Waals surface area contributed by atoms with E-state index in [1.54, 1.807) is 24.3 Å². The SMILES string of the molecule is C=CCCCCC(C#N)(C#N)C#N. The Labute approximate surface area is 78.5 Å². The molecule has 0 rings (SSSR count). The topological polar surface area (TPSA) is 71.4 Å². The van der Waals surface area contributed by atoms with E-state index in [2.05, 4.69) is 6.58 Å². The monoisotopic (exact) mass is 173 g/mol. The first kappa shape index (κ1) is 11.2. The summed E-state index contributed by atoms with van der Waals surface area (Å²) in [7, 11) is 0. The molecule has 0 aromatic carbocycles. The predicted molar refractivity (Wildman–Crippen MR) is 47.9 cm³/mol. The van der Waals surface area contributed by atoms with E-state index in [0.29, 0.717) is 12.8 Å². The van der Waals surface area contributed by atoms with Crippen LogP contribution in [0.15, 0.2) is 12.7 Å². The van der Waals surface area contributed by atoms with E-state index in [1.165, 1.54) is 0 Å². The molecule has 0 aliphatic rings. The van der Waals surface area contributed by atoms with Crippen molar-refractivity contribution in [1.82, 2.24) is 0 Å². The highest BCUT2D eigenvalue weighted by Gasteiger charge is 2.28.